The van der Waals surface area contributed by atoms with Crippen LogP contribution >= 0.6 is 0 Å². The monoisotopic (exact) mass is 338 g/mol. The normalized spacial score (nSPS) is 17.8. The first-order chi connectivity index (χ1) is 12.1. The van der Waals surface area contributed by atoms with E-state index >= 15 is 0 Å². The van der Waals surface area contributed by atoms with Crippen molar-refractivity contribution in [2.75, 3.05) is 23.4 Å². The lowest BCUT2D eigenvalue weighted by Crippen LogP contribution is -2.40. The Kier molecular flexibility index (Phi) is 3.80. The van der Waals surface area contributed by atoms with E-state index in [1.54, 1.807) is 24.0 Å². The number of nitrogens with one attached hydrogen (secondary N) is 1. The molecule has 128 valence electrons. The molecule has 0 bridgehead atoms. The molecular weight excluding hydrogens is 320 g/mol. The molecule has 25 heavy (non-hydrogen) atoms. The van der Waals surface area contributed by atoms with Crippen LogP contribution < -0.4 is 19.7 Å². The number of rotatable bonds is 2. The number of para-hydroxylation sites is 2. The zero-order valence-corrected chi connectivity index (χ0v) is 13.8. The predicted octanol–water partition coefficient (Wildman–Crippen LogP) is 2.37. The molecule has 1 unspecified atom stereocenters. The summed E-state index contributed by atoms with van der Waals surface area (Å²) in [6.45, 7) is 2.41. The number of anilines is 2. The van der Waals surface area contributed by atoms with Gasteiger partial charge in [0, 0.05) is 24.8 Å². The number of benzene rings is 2. The largest absolute Gasteiger partial charge is 0.485 e. The highest BCUT2D eigenvalue weighted by Crippen LogP contribution is 2.32. The lowest BCUT2D eigenvalue weighted by Gasteiger charge is -2.25. The minimum absolute atomic E-state index is 0.0296. The average molecular weight is 338 g/mol. The van der Waals surface area contributed by atoms with Gasteiger partial charge in [0.2, 0.25) is 12.0 Å². The molecule has 6 heteroatoms. The molecular formula is C19H18N2O4. The van der Waals surface area contributed by atoms with Crippen LogP contribution in [0, 0.1) is 0 Å². The molecule has 0 saturated heterocycles. The van der Waals surface area contributed by atoms with Crippen LogP contribution in [0.2, 0.25) is 0 Å². The van der Waals surface area contributed by atoms with Crippen LogP contribution in [0.4, 0.5) is 11.4 Å². The van der Waals surface area contributed by atoms with E-state index in [1.165, 1.54) is 0 Å². The van der Waals surface area contributed by atoms with E-state index < -0.39 is 6.10 Å². The molecule has 0 aliphatic carbocycles. The van der Waals surface area contributed by atoms with Gasteiger partial charge >= 0.3 is 0 Å². The van der Waals surface area contributed by atoms with Gasteiger partial charge in [0.25, 0.3) is 5.91 Å². The SMILES string of the molecule is CC(=O)N1CCc2cc(NC(=O)C3COc4ccccc4O3)ccc21. The molecule has 0 fully saturated rings. The van der Waals surface area contributed by atoms with Gasteiger partial charge < -0.3 is 19.7 Å². The number of fused-ring (bicyclic) bond motifs is 2. The van der Waals surface area contributed by atoms with E-state index in [9.17, 15) is 9.59 Å². The van der Waals surface area contributed by atoms with E-state index in [0.717, 1.165) is 17.7 Å². The van der Waals surface area contributed by atoms with Crippen molar-refractivity contribution >= 4 is 23.2 Å². The van der Waals surface area contributed by atoms with Crippen LogP contribution in [0.1, 0.15) is 12.5 Å². The zero-order valence-electron chi connectivity index (χ0n) is 13.8. The van der Waals surface area contributed by atoms with Gasteiger partial charge in [0.05, 0.1) is 0 Å². The molecule has 4 rings (SSSR count). The number of hydrogen-bond acceptors (Lipinski definition) is 4. The first-order valence-electron chi connectivity index (χ1n) is 8.22. The van der Waals surface area contributed by atoms with Crippen molar-refractivity contribution in [1.29, 1.82) is 0 Å². The molecule has 2 amide bonds. The lowest BCUT2D eigenvalue weighted by atomic mass is 10.1. The molecule has 1 atom stereocenters. The number of hydrogen-bond donors (Lipinski definition) is 1. The third-order valence-corrected chi connectivity index (χ3v) is 4.42. The molecule has 0 aromatic heterocycles. The Labute approximate surface area is 145 Å². The Hall–Kier alpha value is -3.02. The Bertz CT molecular complexity index is 849. The first kappa shape index (κ1) is 15.5. The summed E-state index contributed by atoms with van der Waals surface area (Å²) in [6, 6.07) is 12.9. The van der Waals surface area contributed by atoms with Crippen LogP contribution in [-0.4, -0.2) is 31.1 Å². The molecule has 2 aliphatic rings. The van der Waals surface area contributed by atoms with E-state index in [4.69, 9.17) is 9.47 Å². The van der Waals surface area contributed by atoms with Crippen molar-refractivity contribution in [3.8, 4) is 11.5 Å². The van der Waals surface area contributed by atoms with Gasteiger partial charge in [-0.3, -0.25) is 9.59 Å². The lowest BCUT2D eigenvalue weighted by molar-refractivity contribution is -0.125. The first-order valence-corrected chi connectivity index (χ1v) is 8.22. The van der Waals surface area contributed by atoms with Gasteiger partial charge in [-0.05, 0) is 42.3 Å². The second-order valence-electron chi connectivity index (χ2n) is 6.12. The molecule has 1 N–H and O–H groups in total. The van der Waals surface area contributed by atoms with Crippen molar-refractivity contribution in [2.45, 2.75) is 19.4 Å². The van der Waals surface area contributed by atoms with Crippen LogP contribution in [0.3, 0.4) is 0 Å². The number of carbonyl (C=O) groups is 2. The molecule has 2 aliphatic heterocycles. The summed E-state index contributed by atoms with van der Waals surface area (Å²) in [5.74, 6) is 0.992. The van der Waals surface area contributed by atoms with E-state index in [-0.39, 0.29) is 18.4 Å². The number of carbonyl (C=O) groups excluding carboxylic acids is 2. The number of ether oxygens (including phenoxy) is 2. The van der Waals surface area contributed by atoms with Gasteiger partial charge in [0.1, 0.15) is 6.61 Å². The molecule has 0 radical (unpaired) electrons. The summed E-state index contributed by atoms with van der Waals surface area (Å²) in [6.07, 6.45) is 0.0894. The Morgan fingerprint density at radius 1 is 1.16 bits per heavy atom. The second kappa shape index (κ2) is 6.12. The third kappa shape index (κ3) is 2.91. The summed E-state index contributed by atoms with van der Waals surface area (Å²) < 4.78 is 11.3. The Morgan fingerprint density at radius 3 is 2.76 bits per heavy atom. The fourth-order valence-electron chi connectivity index (χ4n) is 3.18. The molecule has 2 aromatic rings. The minimum atomic E-state index is -0.697. The van der Waals surface area contributed by atoms with Gasteiger partial charge in [-0.2, -0.15) is 0 Å². The van der Waals surface area contributed by atoms with Crippen molar-refractivity contribution in [3.05, 3.63) is 48.0 Å². The van der Waals surface area contributed by atoms with E-state index in [1.807, 2.05) is 30.3 Å². The molecule has 0 spiro atoms. The summed E-state index contributed by atoms with van der Waals surface area (Å²) in [7, 11) is 0. The Morgan fingerprint density at radius 2 is 1.96 bits per heavy atom. The number of amides is 2. The maximum Gasteiger partial charge on any atom is 0.269 e. The van der Waals surface area contributed by atoms with Gasteiger partial charge in [-0.15, -0.1) is 0 Å². The van der Waals surface area contributed by atoms with Crippen molar-refractivity contribution in [3.63, 3.8) is 0 Å². The van der Waals surface area contributed by atoms with E-state index in [0.29, 0.717) is 23.7 Å². The fourth-order valence-corrected chi connectivity index (χ4v) is 3.18. The van der Waals surface area contributed by atoms with Crippen LogP contribution in [0.5, 0.6) is 11.5 Å². The maximum absolute atomic E-state index is 12.5. The molecule has 2 heterocycles. The zero-order chi connectivity index (χ0) is 17.4. The Balaban J connectivity index is 1.46. The van der Waals surface area contributed by atoms with Gasteiger partial charge in [0.15, 0.2) is 11.5 Å². The molecule has 0 saturated carbocycles. The fraction of sp³-hybridized carbons (Fsp3) is 0.263. The highest BCUT2D eigenvalue weighted by molar-refractivity contribution is 5.97. The van der Waals surface area contributed by atoms with E-state index in [2.05, 4.69) is 5.32 Å². The quantitative estimate of drug-likeness (QED) is 0.913. The van der Waals surface area contributed by atoms with Gasteiger partial charge in [-0.25, -0.2) is 0 Å². The minimum Gasteiger partial charge on any atom is -0.485 e. The van der Waals surface area contributed by atoms with Crippen LogP contribution in [0.25, 0.3) is 0 Å². The highest BCUT2D eigenvalue weighted by atomic mass is 16.6. The highest BCUT2D eigenvalue weighted by Gasteiger charge is 2.28. The summed E-state index contributed by atoms with van der Waals surface area (Å²) in [5.41, 5.74) is 2.66. The topological polar surface area (TPSA) is 67.9 Å². The average Bonchev–Trinajstić information content (AvgIpc) is 3.04. The standard InChI is InChI=1S/C19H18N2O4/c1-12(22)21-9-8-13-10-14(6-7-15(13)21)20-19(23)18-11-24-16-4-2-3-5-17(16)25-18/h2-7,10,18H,8-9,11H2,1H3,(H,20,23). The maximum atomic E-state index is 12.5. The smallest absolute Gasteiger partial charge is 0.269 e. The second-order valence-corrected chi connectivity index (χ2v) is 6.12. The third-order valence-electron chi connectivity index (χ3n) is 4.42. The summed E-state index contributed by atoms with van der Waals surface area (Å²) in [5, 5.41) is 2.87. The molecule has 2 aromatic carbocycles. The summed E-state index contributed by atoms with van der Waals surface area (Å²) in [4.78, 5) is 25.8. The van der Waals surface area contributed by atoms with Crippen LogP contribution in [-0.2, 0) is 16.0 Å². The predicted molar refractivity (Wildman–Crippen MR) is 93.2 cm³/mol. The van der Waals surface area contributed by atoms with Crippen molar-refractivity contribution in [2.24, 2.45) is 0 Å². The number of nitrogens with zero attached hydrogens (tertiary/aromatic N) is 1. The summed E-state index contributed by atoms with van der Waals surface area (Å²) >= 11 is 0. The van der Waals surface area contributed by atoms with Gasteiger partial charge in [-0.1, -0.05) is 12.1 Å². The van der Waals surface area contributed by atoms with Crippen LogP contribution in [0.15, 0.2) is 42.5 Å². The van der Waals surface area contributed by atoms with Crippen molar-refractivity contribution < 1.29 is 19.1 Å². The molecule has 6 nitrogen and oxygen atoms in total. The van der Waals surface area contributed by atoms with Crippen molar-refractivity contribution in [1.82, 2.24) is 0 Å².